The molecule has 0 aromatic heterocycles. The third kappa shape index (κ3) is 2.74. The van der Waals surface area contributed by atoms with Gasteiger partial charge in [0.2, 0.25) is 5.91 Å². The maximum Gasteiger partial charge on any atom is 0.242 e. The first-order chi connectivity index (χ1) is 7.57. The molecule has 0 aliphatic carbocycles. The van der Waals surface area contributed by atoms with Crippen LogP contribution in [0.2, 0.25) is 0 Å². The van der Waals surface area contributed by atoms with Crippen molar-refractivity contribution in [3.8, 4) is 0 Å². The average Bonchev–Trinajstić information content (AvgIpc) is 2.37. The Balaban J connectivity index is 2.56. The molecule has 16 heavy (non-hydrogen) atoms. The number of amides is 1. The number of hydrogen-bond acceptors (Lipinski definition) is 3. The fourth-order valence-corrected chi connectivity index (χ4v) is 2.16. The third-order valence-corrected chi connectivity index (χ3v) is 3.75. The first kappa shape index (κ1) is 13.5. The van der Waals surface area contributed by atoms with Gasteiger partial charge in [-0.15, -0.1) is 0 Å². The first-order valence-corrected chi connectivity index (χ1v) is 6.18. The Morgan fingerprint density at radius 2 is 1.88 bits per heavy atom. The molecule has 0 unspecified atom stereocenters. The number of methoxy groups -OCH3 is 1. The minimum absolute atomic E-state index is 0.104. The summed E-state index contributed by atoms with van der Waals surface area (Å²) in [5, 5.41) is 0. The van der Waals surface area contributed by atoms with Gasteiger partial charge in [0.15, 0.2) is 0 Å². The summed E-state index contributed by atoms with van der Waals surface area (Å²) in [4.78, 5) is 14.1. The molecular formula is C12H24N2O2. The molecule has 1 amide bonds. The molecule has 0 saturated carbocycles. The quantitative estimate of drug-likeness (QED) is 0.785. The lowest BCUT2D eigenvalue weighted by molar-refractivity contribution is -0.139. The fraction of sp³-hybridized carbons (Fsp3) is 0.917. The molecule has 1 aliphatic heterocycles. The maximum atomic E-state index is 12.2. The van der Waals surface area contributed by atoms with Crippen molar-refractivity contribution in [1.29, 1.82) is 0 Å². The Hall–Kier alpha value is -0.610. The van der Waals surface area contributed by atoms with E-state index in [1.807, 2.05) is 18.7 Å². The van der Waals surface area contributed by atoms with E-state index >= 15 is 0 Å². The number of nitrogens with two attached hydrogens (primary N) is 1. The summed E-state index contributed by atoms with van der Waals surface area (Å²) in [6.07, 6.45) is 3.55. The topological polar surface area (TPSA) is 55.6 Å². The van der Waals surface area contributed by atoms with Crippen molar-refractivity contribution in [2.24, 2.45) is 5.73 Å². The molecule has 1 fully saturated rings. The summed E-state index contributed by atoms with van der Waals surface area (Å²) >= 11 is 0. The van der Waals surface area contributed by atoms with Gasteiger partial charge < -0.3 is 15.4 Å². The summed E-state index contributed by atoms with van der Waals surface area (Å²) in [6, 6.07) is 0. The lowest BCUT2D eigenvalue weighted by atomic mass is 9.91. The van der Waals surface area contributed by atoms with Gasteiger partial charge in [0.1, 0.15) is 0 Å². The van der Waals surface area contributed by atoms with E-state index in [-0.39, 0.29) is 5.91 Å². The van der Waals surface area contributed by atoms with Gasteiger partial charge in [-0.2, -0.15) is 0 Å². The molecule has 0 radical (unpaired) electrons. The standard InChI is InChI=1S/C12H24N2O2/c1-4-12(13,5-2)11(15)14-8-6-10(16-3)7-9-14/h10H,4-9,13H2,1-3H3. The lowest BCUT2D eigenvalue weighted by Gasteiger charge is -2.37. The minimum atomic E-state index is -0.667. The van der Waals surface area contributed by atoms with E-state index in [1.165, 1.54) is 0 Å². The number of ether oxygens (including phenoxy) is 1. The van der Waals surface area contributed by atoms with Crippen LogP contribution in [0.1, 0.15) is 39.5 Å². The third-order valence-electron chi connectivity index (χ3n) is 3.75. The van der Waals surface area contributed by atoms with Crippen LogP contribution in [-0.2, 0) is 9.53 Å². The number of hydrogen-bond donors (Lipinski definition) is 1. The van der Waals surface area contributed by atoms with Crippen LogP contribution < -0.4 is 5.73 Å². The maximum absolute atomic E-state index is 12.2. The van der Waals surface area contributed by atoms with Crippen molar-refractivity contribution in [2.45, 2.75) is 51.2 Å². The van der Waals surface area contributed by atoms with Crippen LogP contribution in [0.5, 0.6) is 0 Å². The van der Waals surface area contributed by atoms with Crippen LogP contribution in [0.15, 0.2) is 0 Å². The number of nitrogens with zero attached hydrogens (tertiary/aromatic N) is 1. The summed E-state index contributed by atoms with van der Waals surface area (Å²) in [7, 11) is 1.73. The Kier molecular flexibility index (Phi) is 4.74. The van der Waals surface area contributed by atoms with Crippen molar-refractivity contribution in [3.63, 3.8) is 0 Å². The van der Waals surface area contributed by atoms with Crippen molar-refractivity contribution in [1.82, 2.24) is 4.90 Å². The molecule has 1 saturated heterocycles. The van der Waals surface area contributed by atoms with Crippen LogP contribution in [0.25, 0.3) is 0 Å². The van der Waals surface area contributed by atoms with Gasteiger partial charge in [-0.25, -0.2) is 0 Å². The summed E-state index contributed by atoms with van der Waals surface area (Å²) in [5.41, 5.74) is 5.45. The van der Waals surface area contributed by atoms with E-state index in [9.17, 15) is 4.79 Å². The van der Waals surface area contributed by atoms with Gasteiger partial charge in [-0.1, -0.05) is 13.8 Å². The second-order valence-corrected chi connectivity index (χ2v) is 4.59. The number of likely N-dealkylation sites (tertiary alicyclic amines) is 1. The lowest BCUT2D eigenvalue weighted by Crippen LogP contribution is -2.56. The second-order valence-electron chi connectivity index (χ2n) is 4.59. The average molecular weight is 228 g/mol. The molecule has 0 spiro atoms. The zero-order valence-corrected chi connectivity index (χ0v) is 10.7. The number of carbonyl (C=O) groups is 1. The predicted molar refractivity (Wildman–Crippen MR) is 64.1 cm³/mol. The summed E-state index contributed by atoms with van der Waals surface area (Å²) in [6.45, 7) is 5.50. The molecule has 4 heteroatoms. The SMILES string of the molecule is CCC(N)(CC)C(=O)N1CCC(OC)CC1. The molecule has 94 valence electrons. The van der Waals surface area contributed by atoms with E-state index < -0.39 is 5.54 Å². The smallest absolute Gasteiger partial charge is 0.242 e. The Morgan fingerprint density at radius 3 is 2.25 bits per heavy atom. The van der Waals surface area contributed by atoms with E-state index in [1.54, 1.807) is 7.11 Å². The first-order valence-electron chi connectivity index (χ1n) is 6.18. The number of rotatable bonds is 4. The molecule has 4 nitrogen and oxygen atoms in total. The van der Waals surface area contributed by atoms with Crippen molar-refractivity contribution >= 4 is 5.91 Å². The van der Waals surface area contributed by atoms with Crippen LogP contribution in [0.4, 0.5) is 0 Å². The number of piperidine rings is 1. The largest absolute Gasteiger partial charge is 0.381 e. The van der Waals surface area contributed by atoms with Crippen molar-refractivity contribution in [2.75, 3.05) is 20.2 Å². The fourth-order valence-electron chi connectivity index (χ4n) is 2.16. The van der Waals surface area contributed by atoms with E-state index in [2.05, 4.69) is 0 Å². The predicted octanol–water partition coefficient (Wildman–Crippen LogP) is 1.14. The highest BCUT2D eigenvalue weighted by Crippen LogP contribution is 2.20. The Morgan fingerprint density at radius 1 is 1.38 bits per heavy atom. The van der Waals surface area contributed by atoms with Crippen molar-refractivity contribution in [3.05, 3.63) is 0 Å². The van der Waals surface area contributed by atoms with Gasteiger partial charge >= 0.3 is 0 Å². The molecule has 1 heterocycles. The molecule has 0 bridgehead atoms. The molecule has 0 aromatic rings. The zero-order valence-electron chi connectivity index (χ0n) is 10.7. The second kappa shape index (κ2) is 5.64. The normalized spacial score (nSPS) is 18.9. The van der Waals surface area contributed by atoms with Gasteiger partial charge in [0.25, 0.3) is 0 Å². The van der Waals surface area contributed by atoms with Crippen LogP contribution in [0.3, 0.4) is 0 Å². The Bertz CT molecular complexity index is 231. The monoisotopic (exact) mass is 228 g/mol. The van der Waals surface area contributed by atoms with Gasteiger partial charge in [-0.05, 0) is 25.7 Å². The van der Waals surface area contributed by atoms with Crippen molar-refractivity contribution < 1.29 is 9.53 Å². The van der Waals surface area contributed by atoms with Gasteiger partial charge in [-0.3, -0.25) is 4.79 Å². The minimum Gasteiger partial charge on any atom is -0.381 e. The van der Waals surface area contributed by atoms with Crippen LogP contribution >= 0.6 is 0 Å². The van der Waals surface area contributed by atoms with E-state index in [4.69, 9.17) is 10.5 Å². The molecular weight excluding hydrogens is 204 g/mol. The van der Waals surface area contributed by atoms with Gasteiger partial charge in [0.05, 0.1) is 11.6 Å². The van der Waals surface area contributed by atoms with E-state index in [0.717, 1.165) is 25.9 Å². The molecule has 0 aromatic carbocycles. The van der Waals surface area contributed by atoms with Crippen LogP contribution in [-0.4, -0.2) is 42.6 Å². The molecule has 0 atom stereocenters. The molecule has 1 aliphatic rings. The zero-order chi connectivity index (χ0) is 12.2. The summed E-state index contributed by atoms with van der Waals surface area (Å²) < 4.78 is 5.29. The highest BCUT2D eigenvalue weighted by atomic mass is 16.5. The van der Waals surface area contributed by atoms with E-state index in [0.29, 0.717) is 18.9 Å². The summed E-state index contributed by atoms with van der Waals surface area (Å²) in [5.74, 6) is 0.104. The molecule has 1 rings (SSSR count). The Labute approximate surface area is 98.1 Å². The van der Waals surface area contributed by atoms with Crippen LogP contribution in [0, 0.1) is 0 Å². The van der Waals surface area contributed by atoms with Gasteiger partial charge in [0, 0.05) is 20.2 Å². The number of carbonyl (C=O) groups excluding carboxylic acids is 1. The highest BCUT2D eigenvalue weighted by molar-refractivity contribution is 5.86. The molecule has 2 N–H and O–H groups in total. The highest BCUT2D eigenvalue weighted by Gasteiger charge is 2.35.